The maximum absolute atomic E-state index is 13.5. The highest BCUT2D eigenvalue weighted by molar-refractivity contribution is 5.90. The molecule has 1 fully saturated rings. The number of nitrogens with one attached hydrogen (secondary N) is 2. The zero-order chi connectivity index (χ0) is 30.0. The molecule has 2 aromatic carbocycles. The van der Waals surface area contributed by atoms with Gasteiger partial charge in [-0.05, 0) is 51.2 Å². The number of rotatable bonds is 11. The Balaban J connectivity index is 1.70. The van der Waals surface area contributed by atoms with E-state index in [2.05, 4.69) is 10.6 Å². The fraction of sp³-hybridized carbons (Fsp3) is 0.467. The number of nitrogens with zero attached hydrogens (tertiary/aromatic N) is 1. The first-order valence-electron chi connectivity index (χ1n) is 13.6. The Bertz CT molecular complexity index is 1170. The van der Waals surface area contributed by atoms with Crippen LogP contribution in [0.2, 0.25) is 0 Å². The topological polar surface area (TPSA) is 154 Å². The molecule has 3 rings (SSSR count). The summed E-state index contributed by atoms with van der Waals surface area (Å²) in [5.41, 5.74) is 0.722. The van der Waals surface area contributed by atoms with Crippen molar-refractivity contribution in [3.63, 3.8) is 0 Å². The number of likely N-dealkylation sites (tertiary alicyclic amines) is 1. The quantitative estimate of drug-likeness (QED) is 0.298. The molecule has 0 spiro atoms. The molecule has 11 heteroatoms. The number of carbonyl (C=O) groups is 4. The molecule has 2 unspecified atom stereocenters. The predicted molar refractivity (Wildman–Crippen MR) is 149 cm³/mol. The molecule has 0 radical (unpaired) electrons. The molecule has 1 aliphatic heterocycles. The third kappa shape index (κ3) is 9.58. The van der Waals surface area contributed by atoms with Crippen molar-refractivity contribution in [2.45, 2.75) is 76.5 Å². The summed E-state index contributed by atoms with van der Waals surface area (Å²) in [5, 5.41) is 25.9. The van der Waals surface area contributed by atoms with Crippen LogP contribution in [0.15, 0.2) is 60.7 Å². The number of benzene rings is 2. The molecule has 4 N–H and O–H groups in total. The van der Waals surface area contributed by atoms with Crippen LogP contribution in [0.5, 0.6) is 0 Å². The molecule has 2 aromatic rings. The van der Waals surface area contributed by atoms with Crippen LogP contribution >= 0.6 is 0 Å². The van der Waals surface area contributed by atoms with E-state index in [9.17, 15) is 29.4 Å². The highest BCUT2D eigenvalue weighted by atomic mass is 16.6. The van der Waals surface area contributed by atoms with Crippen molar-refractivity contribution in [1.82, 2.24) is 15.5 Å². The van der Waals surface area contributed by atoms with Gasteiger partial charge in [0, 0.05) is 6.54 Å². The van der Waals surface area contributed by atoms with Gasteiger partial charge in [-0.1, -0.05) is 60.7 Å². The molecule has 11 nitrogen and oxygen atoms in total. The summed E-state index contributed by atoms with van der Waals surface area (Å²) < 4.78 is 10.6. The summed E-state index contributed by atoms with van der Waals surface area (Å²) in [5.74, 6) is -2.10. The minimum absolute atomic E-state index is 0.0368. The van der Waals surface area contributed by atoms with Gasteiger partial charge in [-0.15, -0.1) is 0 Å². The van der Waals surface area contributed by atoms with Gasteiger partial charge >= 0.3 is 12.1 Å². The van der Waals surface area contributed by atoms with E-state index < -0.39 is 60.3 Å². The second-order valence-corrected chi connectivity index (χ2v) is 10.9. The van der Waals surface area contributed by atoms with Crippen molar-refractivity contribution in [3.05, 3.63) is 71.8 Å². The molecule has 4 atom stereocenters. The fourth-order valence-corrected chi connectivity index (χ4v) is 4.48. The van der Waals surface area contributed by atoms with Crippen molar-refractivity contribution in [2.75, 3.05) is 13.2 Å². The molecule has 0 aromatic heterocycles. The van der Waals surface area contributed by atoms with E-state index in [1.165, 1.54) is 4.90 Å². The lowest BCUT2D eigenvalue weighted by Crippen LogP contribution is -2.58. The minimum atomic E-state index is -1.72. The molecular weight excluding hydrogens is 530 g/mol. The van der Waals surface area contributed by atoms with Crippen LogP contribution in [-0.4, -0.2) is 82.0 Å². The van der Waals surface area contributed by atoms with Gasteiger partial charge in [0.15, 0.2) is 6.10 Å². The van der Waals surface area contributed by atoms with E-state index in [-0.39, 0.29) is 19.6 Å². The largest absolute Gasteiger partial charge is 0.458 e. The molecule has 41 heavy (non-hydrogen) atoms. The lowest BCUT2D eigenvalue weighted by molar-refractivity contribution is -0.165. The van der Waals surface area contributed by atoms with Gasteiger partial charge in [-0.3, -0.25) is 9.59 Å². The van der Waals surface area contributed by atoms with E-state index in [1.54, 1.807) is 75.4 Å². The van der Waals surface area contributed by atoms with Crippen LogP contribution in [-0.2, 0) is 36.9 Å². The minimum Gasteiger partial charge on any atom is -0.458 e. The molecule has 3 amide bonds. The van der Waals surface area contributed by atoms with Crippen molar-refractivity contribution in [1.29, 1.82) is 0 Å². The Morgan fingerprint density at radius 1 is 0.976 bits per heavy atom. The van der Waals surface area contributed by atoms with Crippen molar-refractivity contribution in [3.8, 4) is 0 Å². The summed E-state index contributed by atoms with van der Waals surface area (Å²) in [7, 11) is 0. The predicted octanol–water partition coefficient (Wildman–Crippen LogP) is 1.69. The van der Waals surface area contributed by atoms with E-state index in [0.29, 0.717) is 12.8 Å². The van der Waals surface area contributed by atoms with Crippen molar-refractivity contribution in [2.24, 2.45) is 0 Å². The molecule has 222 valence electrons. The zero-order valence-electron chi connectivity index (χ0n) is 23.6. The lowest BCUT2D eigenvalue weighted by Gasteiger charge is -2.32. The molecule has 1 heterocycles. The van der Waals surface area contributed by atoms with Gasteiger partial charge < -0.3 is 35.2 Å². The standard InChI is InChI=1S/C30H39N3O8/c1-30(2,3)41-28(38)24-15-10-16-33(24)27(37)25(35)22(17-20-11-6-4-7-12-20)31-26(36)23(18-34)32-29(39)40-19-21-13-8-5-9-14-21/h4-9,11-14,22-25,34-35H,10,15-19H2,1-3H3,(H,31,36)(H,32,39)/t22?,23-,24-,25?/m0/s1. The van der Waals surface area contributed by atoms with Gasteiger partial charge in [-0.2, -0.15) is 0 Å². The number of esters is 1. The first-order chi connectivity index (χ1) is 19.5. The second kappa shape index (κ2) is 14.6. The maximum Gasteiger partial charge on any atom is 0.408 e. The maximum atomic E-state index is 13.5. The van der Waals surface area contributed by atoms with Gasteiger partial charge in [0.05, 0.1) is 12.6 Å². The van der Waals surface area contributed by atoms with E-state index >= 15 is 0 Å². The van der Waals surface area contributed by atoms with Crippen LogP contribution in [0, 0.1) is 0 Å². The van der Waals surface area contributed by atoms with E-state index in [1.807, 2.05) is 6.07 Å². The molecular formula is C30H39N3O8. The van der Waals surface area contributed by atoms with Crippen LogP contribution in [0.25, 0.3) is 0 Å². The lowest BCUT2D eigenvalue weighted by atomic mass is 9.99. The summed E-state index contributed by atoms with van der Waals surface area (Å²) in [6.45, 7) is 4.66. The third-order valence-corrected chi connectivity index (χ3v) is 6.48. The molecule has 0 bridgehead atoms. The number of aliphatic hydroxyl groups is 2. The monoisotopic (exact) mass is 569 g/mol. The highest BCUT2D eigenvalue weighted by Gasteiger charge is 2.41. The Hall–Kier alpha value is -3.96. The van der Waals surface area contributed by atoms with Gasteiger partial charge in [0.2, 0.25) is 5.91 Å². The SMILES string of the molecule is CC(C)(C)OC(=O)[C@@H]1CCCN1C(=O)C(O)C(Cc1ccccc1)NC(=O)[C@H](CO)NC(=O)OCc1ccccc1. The summed E-state index contributed by atoms with van der Waals surface area (Å²) in [6.07, 6.45) is -1.62. The number of ether oxygens (including phenoxy) is 2. The third-order valence-electron chi connectivity index (χ3n) is 6.48. The first kappa shape index (κ1) is 31.6. The summed E-state index contributed by atoms with van der Waals surface area (Å²) in [6, 6.07) is 14.5. The Morgan fingerprint density at radius 2 is 1.59 bits per heavy atom. The Kier molecular flexibility index (Phi) is 11.2. The molecule has 0 saturated carbocycles. The Labute approximate surface area is 239 Å². The number of alkyl carbamates (subject to hydrolysis) is 1. The average Bonchev–Trinajstić information content (AvgIpc) is 3.44. The van der Waals surface area contributed by atoms with Gasteiger partial charge in [0.1, 0.15) is 24.3 Å². The summed E-state index contributed by atoms with van der Waals surface area (Å²) >= 11 is 0. The van der Waals surface area contributed by atoms with E-state index in [4.69, 9.17) is 9.47 Å². The number of hydrogen-bond donors (Lipinski definition) is 4. The second-order valence-electron chi connectivity index (χ2n) is 10.9. The first-order valence-corrected chi connectivity index (χ1v) is 13.6. The molecule has 0 aliphatic carbocycles. The number of carbonyl (C=O) groups excluding carboxylic acids is 4. The molecule has 1 aliphatic rings. The number of hydrogen-bond acceptors (Lipinski definition) is 8. The summed E-state index contributed by atoms with van der Waals surface area (Å²) in [4.78, 5) is 52.9. The van der Waals surface area contributed by atoms with Gasteiger partial charge in [-0.25, -0.2) is 9.59 Å². The van der Waals surface area contributed by atoms with E-state index in [0.717, 1.165) is 11.1 Å². The smallest absolute Gasteiger partial charge is 0.408 e. The van der Waals surface area contributed by atoms with Crippen LogP contribution in [0.1, 0.15) is 44.7 Å². The van der Waals surface area contributed by atoms with Crippen molar-refractivity contribution >= 4 is 23.9 Å². The van der Waals surface area contributed by atoms with Gasteiger partial charge in [0.25, 0.3) is 5.91 Å². The average molecular weight is 570 g/mol. The number of amides is 3. The normalized spacial score (nSPS) is 17.2. The number of aliphatic hydroxyl groups excluding tert-OH is 2. The van der Waals surface area contributed by atoms with Crippen LogP contribution in [0.3, 0.4) is 0 Å². The highest BCUT2D eigenvalue weighted by Crippen LogP contribution is 2.23. The Morgan fingerprint density at radius 3 is 2.17 bits per heavy atom. The van der Waals surface area contributed by atoms with Crippen LogP contribution in [0.4, 0.5) is 4.79 Å². The fourth-order valence-electron chi connectivity index (χ4n) is 4.48. The zero-order valence-corrected chi connectivity index (χ0v) is 23.6. The van der Waals surface area contributed by atoms with Crippen molar-refractivity contribution < 1.29 is 38.9 Å². The van der Waals surface area contributed by atoms with Crippen LogP contribution < -0.4 is 10.6 Å². The molecule has 1 saturated heterocycles.